The van der Waals surface area contributed by atoms with Crippen LogP contribution in [0.1, 0.15) is 10.4 Å². The van der Waals surface area contributed by atoms with E-state index in [-0.39, 0.29) is 6.61 Å². The van der Waals surface area contributed by atoms with Gasteiger partial charge in [0.2, 0.25) is 0 Å². The van der Waals surface area contributed by atoms with Gasteiger partial charge in [0.25, 0.3) is 5.91 Å². The van der Waals surface area contributed by atoms with Gasteiger partial charge < -0.3 is 10.1 Å². The van der Waals surface area contributed by atoms with Gasteiger partial charge in [-0.25, -0.2) is 4.79 Å². The summed E-state index contributed by atoms with van der Waals surface area (Å²) in [6.45, 7) is -0.380. The SMILES string of the molecule is O=C(COC(=O)c1ccccc1-c1ccccc1)Nc1cccc(Cl)c1. The highest BCUT2D eigenvalue weighted by Crippen LogP contribution is 2.24. The van der Waals surface area contributed by atoms with E-state index >= 15 is 0 Å². The highest BCUT2D eigenvalue weighted by Gasteiger charge is 2.15. The minimum Gasteiger partial charge on any atom is -0.452 e. The first-order chi connectivity index (χ1) is 12.6. The number of amides is 1. The Morgan fingerprint density at radius 2 is 1.62 bits per heavy atom. The summed E-state index contributed by atoms with van der Waals surface area (Å²) >= 11 is 5.87. The summed E-state index contributed by atoms with van der Waals surface area (Å²) in [5.74, 6) is -0.983. The van der Waals surface area contributed by atoms with E-state index in [0.29, 0.717) is 16.3 Å². The molecule has 130 valence electrons. The number of rotatable bonds is 5. The summed E-state index contributed by atoms with van der Waals surface area (Å²) in [4.78, 5) is 24.4. The molecule has 0 unspecified atom stereocenters. The zero-order valence-corrected chi connectivity index (χ0v) is 14.6. The van der Waals surface area contributed by atoms with E-state index in [4.69, 9.17) is 16.3 Å². The van der Waals surface area contributed by atoms with Crippen molar-refractivity contribution in [3.05, 3.63) is 89.4 Å². The lowest BCUT2D eigenvalue weighted by atomic mass is 10.00. The summed E-state index contributed by atoms with van der Waals surface area (Å²) < 4.78 is 5.17. The minimum absolute atomic E-state index is 0.380. The predicted octanol–water partition coefficient (Wildman–Crippen LogP) is 4.80. The third-order valence-corrected chi connectivity index (χ3v) is 3.91. The number of hydrogen-bond acceptors (Lipinski definition) is 3. The second-order valence-corrected chi connectivity index (χ2v) is 5.98. The normalized spacial score (nSPS) is 10.2. The van der Waals surface area contributed by atoms with Crippen molar-refractivity contribution in [3.63, 3.8) is 0 Å². The summed E-state index contributed by atoms with van der Waals surface area (Å²) in [5.41, 5.74) is 2.62. The third-order valence-electron chi connectivity index (χ3n) is 3.67. The number of benzene rings is 3. The molecular formula is C21H16ClNO3. The van der Waals surface area contributed by atoms with Gasteiger partial charge in [-0.05, 0) is 35.4 Å². The fourth-order valence-corrected chi connectivity index (χ4v) is 2.69. The average molecular weight is 366 g/mol. The zero-order valence-electron chi connectivity index (χ0n) is 13.8. The fraction of sp³-hybridized carbons (Fsp3) is 0.0476. The Kier molecular flexibility index (Phi) is 5.66. The maximum Gasteiger partial charge on any atom is 0.339 e. The Hall–Kier alpha value is -3.11. The summed E-state index contributed by atoms with van der Waals surface area (Å²) in [6, 6.07) is 23.4. The van der Waals surface area contributed by atoms with Crippen molar-refractivity contribution < 1.29 is 14.3 Å². The van der Waals surface area contributed by atoms with Gasteiger partial charge >= 0.3 is 5.97 Å². The van der Waals surface area contributed by atoms with Crippen molar-refractivity contribution >= 4 is 29.2 Å². The van der Waals surface area contributed by atoms with E-state index in [1.54, 1.807) is 36.4 Å². The van der Waals surface area contributed by atoms with E-state index < -0.39 is 11.9 Å². The molecule has 0 spiro atoms. The lowest BCUT2D eigenvalue weighted by Gasteiger charge is -2.10. The molecule has 3 aromatic rings. The van der Waals surface area contributed by atoms with Crippen LogP contribution < -0.4 is 5.32 Å². The monoisotopic (exact) mass is 365 g/mol. The van der Waals surface area contributed by atoms with Crippen molar-refractivity contribution in [3.8, 4) is 11.1 Å². The molecule has 1 N–H and O–H groups in total. The number of carbonyl (C=O) groups excluding carboxylic acids is 2. The van der Waals surface area contributed by atoms with Crippen LogP contribution in [-0.4, -0.2) is 18.5 Å². The number of esters is 1. The molecule has 26 heavy (non-hydrogen) atoms. The van der Waals surface area contributed by atoms with Crippen LogP contribution in [0.15, 0.2) is 78.9 Å². The molecule has 0 radical (unpaired) electrons. The first kappa shape index (κ1) is 17.7. The Morgan fingerprint density at radius 1 is 0.885 bits per heavy atom. The molecule has 0 fully saturated rings. The molecule has 0 aliphatic rings. The van der Waals surface area contributed by atoms with Gasteiger partial charge in [-0.15, -0.1) is 0 Å². The molecule has 4 nitrogen and oxygen atoms in total. The van der Waals surface area contributed by atoms with Crippen LogP contribution >= 0.6 is 11.6 Å². The molecule has 0 bridgehead atoms. The van der Waals surface area contributed by atoms with Gasteiger partial charge in [0, 0.05) is 10.7 Å². The highest BCUT2D eigenvalue weighted by atomic mass is 35.5. The molecule has 0 atom stereocenters. The van der Waals surface area contributed by atoms with Crippen molar-refractivity contribution in [2.45, 2.75) is 0 Å². The van der Waals surface area contributed by atoms with Crippen LogP contribution in [0.2, 0.25) is 5.02 Å². The third kappa shape index (κ3) is 4.49. The van der Waals surface area contributed by atoms with Crippen LogP contribution in [-0.2, 0) is 9.53 Å². The molecule has 0 heterocycles. The molecule has 1 amide bonds. The summed E-state index contributed by atoms with van der Waals surface area (Å²) in [5, 5.41) is 3.15. The van der Waals surface area contributed by atoms with Crippen LogP contribution in [0.4, 0.5) is 5.69 Å². The molecule has 3 rings (SSSR count). The van der Waals surface area contributed by atoms with Crippen LogP contribution in [0.25, 0.3) is 11.1 Å². The number of halogens is 1. The Bertz CT molecular complexity index is 925. The van der Waals surface area contributed by atoms with Crippen molar-refractivity contribution in [1.82, 2.24) is 0 Å². The van der Waals surface area contributed by atoms with Gasteiger partial charge in [0.15, 0.2) is 6.61 Å². The smallest absolute Gasteiger partial charge is 0.339 e. The lowest BCUT2D eigenvalue weighted by molar-refractivity contribution is -0.119. The summed E-state index contributed by atoms with van der Waals surface area (Å²) in [6.07, 6.45) is 0. The van der Waals surface area contributed by atoms with Crippen LogP contribution in [0, 0.1) is 0 Å². The number of carbonyl (C=O) groups is 2. The molecule has 5 heteroatoms. The number of ether oxygens (including phenoxy) is 1. The van der Waals surface area contributed by atoms with Crippen LogP contribution in [0.3, 0.4) is 0 Å². The van der Waals surface area contributed by atoms with E-state index in [1.165, 1.54) is 0 Å². The minimum atomic E-state index is -0.550. The second kappa shape index (κ2) is 8.32. The fourth-order valence-electron chi connectivity index (χ4n) is 2.50. The molecule has 0 aliphatic carbocycles. The quantitative estimate of drug-likeness (QED) is 0.660. The lowest BCUT2D eigenvalue weighted by Crippen LogP contribution is -2.21. The molecule has 0 saturated carbocycles. The van der Waals surface area contributed by atoms with E-state index in [9.17, 15) is 9.59 Å². The van der Waals surface area contributed by atoms with E-state index in [2.05, 4.69) is 5.32 Å². The second-order valence-electron chi connectivity index (χ2n) is 5.55. The summed E-state index contributed by atoms with van der Waals surface area (Å²) in [7, 11) is 0. The number of hydrogen-bond donors (Lipinski definition) is 1. The first-order valence-electron chi connectivity index (χ1n) is 8.00. The number of nitrogens with one attached hydrogen (secondary N) is 1. The standard InChI is InChI=1S/C21H16ClNO3/c22-16-9-6-10-17(13-16)23-20(24)14-26-21(25)19-12-5-4-11-18(19)15-7-2-1-3-8-15/h1-13H,14H2,(H,23,24). The average Bonchev–Trinajstić information content (AvgIpc) is 2.67. The molecular weight excluding hydrogens is 350 g/mol. The van der Waals surface area contributed by atoms with Crippen molar-refractivity contribution in [2.75, 3.05) is 11.9 Å². The Morgan fingerprint density at radius 3 is 2.38 bits per heavy atom. The molecule has 0 aliphatic heterocycles. The van der Waals surface area contributed by atoms with Crippen molar-refractivity contribution in [2.24, 2.45) is 0 Å². The molecule has 0 saturated heterocycles. The van der Waals surface area contributed by atoms with Gasteiger partial charge in [-0.2, -0.15) is 0 Å². The Balaban J connectivity index is 1.66. The van der Waals surface area contributed by atoms with E-state index in [1.807, 2.05) is 42.5 Å². The maximum absolute atomic E-state index is 12.4. The Labute approximate surface area is 156 Å². The predicted molar refractivity (Wildman–Crippen MR) is 102 cm³/mol. The number of anilines is 1. The largest absolute Gasteiger partial charge is 0.452 e. The van der Waals surface area contributed by atoms with Gasteiger partial charge in [0.05, 0.1) is 5.56 Å². The van der Waals surface area contributed by atoms with Crippen molar-refractivity contribution in [1.29, 1.82) is 0 Å². The topological polar surface area (TPSA) is 55.4 Å². The maximum atomic E-state index is 12.4. The van der Waals surface area contributed by atoms with Gasteiger partial charge in [0.1, 0.15) is 0 Å². The van der Waals surface area contributed by atoms with Gasteiger partial charge in [-0.1, -0.05) is 66.2 Å². The van der Waals surface area contributed by atoms with Gasteiger partial charge in [-0.3, -0.25) is 4.79 Å². The highest BCUT2D eigenvalue weighted by molar-refractivity contribution is 6.30. The first-order valence-corrected chi connectivity index (χ1v) is 8.38. The molecule has 0 aromatic heterocycles. The van der Waals surface area contributed by atoms with Crippen LogP contribution in [0.5, 0.6) is 0 Å². The van der Waals surface area contributed by atoms with E-state index in [0.717, 1.165) is 11.1 Å². The molecule has 3 aromatic carbocycles. The zero-order chi connectivity index (χ0) is 18.4.